The average Bonchev–Trinajstić information content (AvgIpc) is 2.55. The van der Waals surface area contributed by atoms with E-state index in [0.717, 1.165) is 6.42 Å². The third-order valence-corrected chi connectivity index (χ3v) is 4.54. The summed E-state index contributed by atoms with van der Waals surface area (Å²) in [7, 11) is 0. The summed E-state index contributed by atoms with van der Waals surface area (Å²) in [6, 6.07) is 3.90. The van der Waals surface area contributed by atoms with Crippen LogP contribution in [0.25, 0.3) is 0 Å². The number of nitrogens with zero attached hydrogens (tertiary/aromatic N) is 2. The molecule has 0 unspecified atom stereocenters. The normalized spacial score (nSPS) is 20.5. The molecular weight excluding hydrogens is 324 g/mol. The number of rotatable bonds is 2. The highest BCUT2D eigenvalue weighted by atomic mass is 35.5. The summed E-state index contributed by atoms with van der Waals surface area (Å²) in [5.41, 5.74) is 0.145. The molecule has 2 aliphatic heterocycles. The molecule has 23 heavy (non-hydrogen) atoms. The largest absolute Gasteiger partial charge is 0.350 e. The Morgan fingerprint density at radius 2 is 1.91 bits per heavy atom. The maximum absolute atomic E-state index is 12.6. The number of carbonyl (C=O) groups excluding carboxylic acids is 1. The topological polar surface area (TPSA) is 81.9 Å². The Morgan fingerprint density at radius 3 is 2.48 bits per heavy atom. The van der Waals surface area contributed by atoms with Gasteiger partial charge in [-0.2, -0.15) is 0 Å². The molecule has 3 rings (SSSR count). The van der Waals surface area contributed by atoms with Crippen LogP contribution >= 0.6 is 11.6 Å². The highest BCUT2D eigenvalue weighted by Crippen LogP contribution is 2.32. The number of amides is 1. The fourth-order valence-corrected chi connectivity index (χ4v) is 3.17. The fraction of sp³-hybridized carbons (Fsp3) is 0.533. The summed E-state index contributed by atoms with van der Waals surface area (Å²) in [5, 5.41) is 10.8. The van der Waals surface area contributed by atoms with Gasteiger partial charge in [0.05, 0.1) is 28.7 Å². The summed E-state index contributed by atoms with van der Waals surface area (Å²) >= 11 is 6.03. The molecular formula is C15H17ClN2O5. The number of halogens is 1. The summed E-state index contributed by atoms with van der Waals surface area (Å²) in [6.45, 7) is 2.38. The first-order valence-electron chi connectivity index (χ1n) is 7.52. The molecule has 1 aromatic rings. The number of nitro benzene ring substituents is 1. The first kappa shape index (κ1) is 16.2. The SMILES string of the molecule is O=C(c1ccc([N+](=O)[O-])cc1Cl)N1CCC2(CC1)OCCCO2. The molecule has 0 aromatic heterocycles. The Hall–Kier alpha value is -1.70. The van der Waals surface area contributed by atoms with Crippen molar-refractivity contribution in [1.29, 1.82) is 0 Å². The number of nitro groups is 1. The molecule has 124 valence electrons. The van der Waals surface area contributed by atoms with Crippen molar-refractivity contribution in [3.8, 4) is 0 Å². The van der Waals surface area contributed by atoms with E-state index in [1.807, 2.05) is 0 Å². The van der Waals surface area contributed by atoms with Crippen molar-refractivity contribution in [2.75, 3.05) is 26.3 Å². The van der Waals surface area contributed by atoms with Gasteiger partial charge in [-0.05, 0) is 12.5 Å². The molecule has 1 spiro atoms. The van der Waals surface area contributed by atoms with Crippen LogP contribution in [0.3, 0.4) is 0 Å². The molecule has 1 aromatic carbocycles. The lowest BCUT2D eigenvalue weighted by Crippen LogP contribution is -2.51. The zero-order valence-electron chi connectivity index (χ0n) is 12.5. The van der Waals surface area contributed by atoms with Gasteiger partial charge in [0, 0.05) is 38.1 Å². The summed E-state index contributed by atoms with van der Waals surface area (Å²) < 4.78 is 11.5. The fourth-order valence-electron chi connectivity index (χ4n) is 2.92. The quantitative estimate of drug-likeness (QED) is 0.610. The van der Waals surface area contributed by atoms with Gasteiger partial charge in [-0.3, -0.25) is 14.9 Å². The number of likely N-dealkylation sites (tertiary alicyclic amines) is 1. The molecule has 0 atom stereocenters. The Labute approximate surface area is 138 Å². The molecule has 0 radical (unpaired) electrons. The van der Waals surface area contributed by atoms with Gasteiger partial charge in [0.2, 0.25) is 0 Å². The van der Waals surface area contributed by atoms with Crippen LogP contribution in [-0.2, 0) is 9.47 Å². The third kappa shape index (κ3) is 3.31. The van der Waals surface area contributed by atoms with Crippen molar-refractivity contribution >= 4 is 23.2 Å². The van der Waals surface area contributed by atoms with Crippen molar-refractivity contribution in [2.24, 2.45) is 0 Å². The maximum Gasteiger partial charge on any atom is 0.270 e. The predicted octanol–water partition coefficient (Wildman–Crippen LogP) is 2.62. The van der Waals surface area contributed by atoms with Gasteiger partial charge in [0.15, 0.2) is 5.79 Å². The molecule has 0 N–H and O–H groups in total. The lowest BCUT2D eigenvalue weighted by Gasteiger charge is -2.43. The number of ether oxygens (including phenoxy) is 2. The molecule has 0 aliphatic carbocycles. The molecule has 2 aliphatic rings. The van der Waals surface area contributed by atoms with E-state index in [2.05, 4.69) is 0 Å². The van der Waals surface area contributed by atoms with Crippen LogP contribution in [0.15, 0.2) is 18.2 Å². The van der Waals surface area contributed by atoms with E-state index in [9.17, 15) is 14.9 Å². The second-order valence-electron chi connectivity index (χ2n) is 5.67. The number of benzene rings is 1. The predicted molar refractivity (Wildman–Crippen MR) is 82.5 cm³/mol. The number of hydrogen-bond donors (Lipinski definition) is 0. The minimum absolute atomic E-state index is 0.0923. The Kier molecular flexibility index (Phi) is 4.52. The molecule has 2 fully saturated rings. The highest BCUT2D eigenvalue weighted by Gasteiger charge is 2.39. The van der Waals surface area contributed by atoms with Crippen molar-refractivity contribution in [3.63, 3.8) is 0 Å². The van der Waals surface area contributed by atoms with Gasteiger partial charge in [-0.25, -0.2) is 0 Å². The zero-order valence-corrected chi connectivity index (χ0v) is 13.3. The minimum Gasteiger partial charge on any atom is -0.350 e. The molecule has 0 saturated carbocycles. The van der Waals surface area contributed by atoms with Gasteiger partial charge in [-0.15, -0.1) is 0 Å². The molecule has 2 heterocycles. The second-order valence-corrected chi connectivity index (χ2v) is 6.08. The smallest absolute Gasteiger partial charge is 0.270 e. The Bertz CT molecular complexity index is 620. The summed E-state index contributed by atoms with van der Waals surface area (Å²) in [6.07, 6.45) is 2.12. The highest BCUT2D eigenvalue weighted by molar-refractivity contribution is 6.34. The van der Waals surface area contributed by atoms with Gasteiger partial charge < -0.3 is 14.4 Å². The molecule has 8 heteroatoms. The first-order chi connectivity index (χ1) is 11.0. The van der Waals surface area contributed by atoms with Crippen LogP contribution in [0.4, 0.5) is 5.69 Å². The van der Waals surface area contributed by atoms with Crippen LogP contribution in [0.5, 0.6) is 0 Å². The Morgan fingerprint density at radius 1 is 1.26 bits per heavy atom. The van der Waals surface area contributed by atoms with Crippen LogP contribution in [-0.4, -0.2) is 47.8 Å². The van der Waals surface area contributed by atoms with Crippen LogP contribution in [0.2, 0.25) is 5.02 Å². The van der Waals surface area contributed by atoms with Crippen molar-refractivity contribution < 1.29 is 19.2 Å². The molecule has 0 bridgehead atoms. The van der Waals surface area contributed by atoms with Gasteiger partial charge in [0.25, 0.3) is 11.6 Å². The van der Waals surface area contributed by atoms with E-state index in [-0.39, 0.29) is 22.2 Å². The summed E-state index contributed by atoms with van der Waals surface area (Å²) in [5.74, 6) is -0.788. The third-order valence-electron chi connectivity index (χ3n) is 4.23. The van der Waals surface area contributed by atoms with E-state index < -0.39 is 10.7 Å². The van der Waals surface area contributed by atoms with Crippen LogP contribution in [0, 0.1) is 10.1 Å². The first-order valence-corrected chi connectivity index (χ1v) is 7.90. The van der Waals surface area contributed by atoms with E-state index in [4.69, 9.17) is 21.1 Å². The van der Waals surface area contributed by atoms with Crippen molar-refractivity contribution in [3.05, 3.63) is 38.9 Å². The molecule has 7 nitrogen and oxygen atoms in total. The number of carbonyl (C=O) groups is 1. The average molecular weight is 341 g/mol. The van der Waals surface area contributed by atoms with Crippen molar-refractivity contribution in [1.82, 2.24) is 4.90 Å². The standard InChI is InChI=1S/C15H17ClN2O5/c16-13-10-11(18(20)21)2-3-12(13)14(19)17-6-4-15(5-7-17)22-8-1-9-23-15/h2-3,10H,1,4-9H2. The van der Waals surface area contributed by atoms with E-state index in [1.165, 1.54) is 18.2 Å². The van der Waals surface area contributed by atoms with Gasteiger partial charge in [-0.1, -0.05) is 11.6 Å². The zero-order chi connectivity index (χ0) is 16.4. The number of non-ortho nitro benzene ring substituents is 1. The maximum atomic E-state index is 12.6. The van der Waals surface area contributed by atoms with Crippen LogP contribution < -0.4 is 0 Å². The lowest BCUT2D eigenvalue weighted by atomic mass is 10.0. The summed E-state index contributed by atoms with van der Waals surface area (Å²) in [4.78, 5) is 24.4. The monoisotopic (exact) mass is 340 g/mol. The second kappa shape index (κ2) is 6.43. The molecule has 2 saturated heterocycles. The van der Waals surface area contributed by atoms with Crippen LogP contribution in [0.1, 0.15) is 29.6 Å². The minimum atomic E-state index is -0.561. The van der Waals surface area contributed by atoms with Gasteiger partial charge in [0.1, 0.15) is 0 Å². The van der Waals surface area contributed by atoms with E-state index in [0.29, 0.717) is 39.1 Å². The van der Waals surface area contributed by atoms with E-state index >= 15 is 0 Å². The molecule has 1 amide bonds. The lowest BCUT2D eigenvalue weighted by molar-refractivity contribution is -0.384. The van der Waals surface area contributed by atoms with E-state index in [1.54, 1.807) is 4.90 Å². The number of hydrogen-bond acceptors (Lipinski definition) is 5. The Balaban J connectivity index is 1.69. The van der Waals surface area contributed by atoms with Gasteiger partial charge >= 0.3 is 0 Å². The number of piperidine rings is 1. The van der Waals surface area contributed by atoms with Crippen molar-refractivity contribution in [2.45, 2.75) is 25.0 Å².